The number of aromatic hydroxyl groups is 1. The van der Waals surface area contributed by atoms with Crippen LogP contribution in [-0.2, 0) is 17.8 Å². The fraction of sp³-hybridized carbons (Fsp3) is 0.409. The molecule has 1 aromatic carbocycles. The summed E-state index contributed by atoms with van der Waals surface area (Å²) in [7, 11) is 0. The van der Waals surface area contributed by atoms with Gasteiger partial charge in [-0.25, -0.2) is 13.2 Å². The Labute approximate surface area is 185 Å². The van der Waals surface area contributed by atoms with Crippen LogP contribution in [0.5, 0.6) is 5.75 Å². The zero-order valence-electron chi connectivity index (χ0n) is 17.3. The minimum Gasteiger partial charge on any atom is -0.503 e. The van der Waals surface area contributed by atoms with Crippen LogP contribution >= 0.6 is 0 Å². The lowest BCUT2D eigenvalue weighted by Crippen LogP contribution is -2.53. The van der Waals surface area contributed by atoms with Crippen molar-refractivity contribution in [2.24, 2.45) is 0 Å². The van der Waals surface area contributed by atoms with Gasteiger partial charge in [0, 0.05) is 36.5 Å². The van der Waals surface area contributed by atoms with E-state index >= 15 is 0 Å². The lowest BCUT2D eigenvalue weighted by molar-refractivity contribution is -0.0799. The van der Waals surface area contributed by atoms with E-state index in [1.54, 1.807) is 4.90 Å². The van der Waals surface area contributed by atoms with Crippen molar-refractivity contribution in [2.75, 3.05) is 0 Å². The molecule has 0 radical (unpaired) electrons. The Hall–Kier alpha value is -3.34. The largest absolute Gasteiger partial charge is 0.503 e. The summed E-state index contributed by atoms with van der Waals surface area (Å²) < 4.78 is 48.1. The number of fused-ring (bicyclic) bond motifs is 3. The fourth-order valence-electron chi connectivity index (χ4n) is 4.89. The number of carbonyl (C=O) groups is 2. The second-order valence-electron chi connectivity index (χ2n) is 8.49. The van der Waals surface area contributed by atoms with Crippen LogP contribution in [-0.4, -0.2) is 44.8 Å². The molecule has 4 heterocycles. The minimum atomic E-state index is -1.19. The number of nitrogens with zero attached hydrogens (tertiary/aromatic N) is 2. The highest BCUT2D eigenvalue weighted by atomic mass is 19.1. The van der Waals surface area contributed by atoms with E-state index in [0.29, 0.717) is 12.1 Å². The number of hydrogen-bond donors (Lipinski definition) is 2. The first-order valence-electron chi connectivity index (χ1n) is 10.6. The van der Waals surface area contributed by atoms with Crippen LogP contribution in [0.3, 0.4) is 0 Å². The molecule has 1 aliphatic carbocycles. The Balaban J connectivity index is 1.45. The molecule has 1 atom stereocenters. The van der Waals surface area contributed by atoms with Gasteiger partial charge in [-0.05, 0) is 25.7 Å². The third-order valence-corrected chi connectivity index (χ3v) is 6.52. The van der Waals surface area contributed by atoms with Gasteiger partial charge in [0.2, 0.25) is 5.43 Å². The fourth-order valence-corrected chi connectivity index (χ4v) is 4.89. The van der Waals surface area contributed by atoms with E-state index in [1.165, 1.54) is 4.57 Å². The molecule has 0 unspecified atom stereocenters. The van der Waals surface area contributed by atoms with E-state index in [9.17, 15) is 32.7 Å². The van der Waals surface area contributed by atoms with Gasteiger partial charge in [0.25, 0.3) is 11.8 Å². The van der Waals surface area contributed by atoms with Crippen molar-refractivity contribution in [3.8, 4) is 5.75 Å². The van der Waals surface area contributed by atoms with Gasteiger partial charge in [-0.3, -0.25) is 14.4 Å². The Kier molecular flexibility index (Phi) is 5.15. The molecule has 2 aromatic rings. The van der Waals surface area contributed by atoms with Crippen molar-refractivity contribution in [1.82, 2.24) is 14.8 Å². The van der Waals surface area contributed by atoms with Crippen LogP contribution in [0.25, 0.3) is 0 Å². The number of aromatic nitrogens is 1. The predicted octanol–water partition coefficient (Wildman–Crippen LogP) is 2.02. The van der Waals surface area contributed by atoms with Crippen molar-refractivity contribution in [1.29, 1.82) is 0 Å². The second kappa shape index (κ2) is 7.91. The van der Waals surface area contributed by atoms with Crippen molar-refractivity contribution in [2.45, 2.75) is 57.1 Å². The molecule has 4 aliphatic rings. The summed E-state index contributed by atoms with van der Waals surface area (Å²) in [6.07, 6.45) is 3.73. The van der Waals surface area contributed by atoms with Gasteiger partial charge in [-0.15, -0.1) is 0 Å². The van der Waals surface area contributed by atoms with Gasteiger partial charge in [0.1, 0.15) is 23.0 Å². The van der Waals surface area contributed by atoms with Crippen LogP contribution in [0.4, 0.5) is 13.2 Å². The Morgan fingerprint density at radius 1 is 1.12 bits per heavy atom. The maximum absolute atomic E-state index is 13.8. The third-order valence-electron chi connectivity index (χ3n) is 6.52. The molecule has 2 bridgehead atoms. The van der Waals surface area contributed by atoms with Gasteiger partial charge >= 0.3 is 0 Å². The smallest absolute Gasteiger partial charge is 0.276 e. The molecule has 2 saturated heterocycles. The number of benzene rings is 1. The summed E-state index contributed by atoms with van der Waals surface area (Å²) in [5, 5.41) is 12.7. The van der Waals surface area contributed by atoms with Crippen molar-refractivity contribution < 1.29 is 32.6 Å². The molecule has 1 aromatic heterocycles. The molecule has 11 heteroatoms. The Bertz CT molecular complexity index is 1200. The topological polar surface area (TPSA) is 101 Å². The molecule has 0 spiro atoms. The number of pyridine rings is 1. The highest BCUT2D eigenvalue weighted by Crippen LogP contribution is 2.37. The molecule has 2 amide bonds. The maximum Gasteiger partial charge on any atom is 0.276 e. The van der Waals surface area contributed by atoms with Crippen molar-refractivity contribution in [3.63, 3.8) is 0 Å². The first-order chi connectivity index (χ1) is 15.7. The third kappa shape index (κ3) is 3.56. The van der Waals surface area contributed by atoms with Gasteiger partial charge in [-0.1, -0.05) is 0 Å². The zero-order chi connectivity index (χ0) is 23.4. The molecule has 3 fully saturated rings. The summed E-state index contributed by atoms with van der Waals surface area (Å²) in [5.41, 5.74) is -2.39. The van der Waals surface area contributed by atoms with Crippen molar-refractivity contribution >= 4 is 11.8 Å². The van der Waals surface area contributed by atoms with Crippen LogP contribution in [0.1, 0.15) is 52.1 Å². The monoisotopic (exact) mass is 463 g/mol. The first-order valence-corrected chi connectivity index (χ1v) is 10.6. The second-order valence-corrected chi connectivity index (χ2v) is 8.49. The summed E-state index contributed by atoms with van der Waals surface area (Å²) in [6.45, 7) is -0.538. The average molecular weight is 463 g/mol. The van der Waals surface area contributed by atoms with Gasteiger partial charge in [0.05, 0.1) is 12.6 Å². The lowest BCUT2D eigenvalue weighted by Gasteiger charge is -2.39. The summed E-state index contributed by atoms with van der Waals surface area (Å²) in [6, 6.07) is 0.899. The van der Waals surface area contributed by atoms with E-state index in [4.69, 9.17) is 4.74 Å². The van der Waals surface area contributed by atoms with Crippen LogP contribution in [0.15, 0.2) is 23.1 Å². The van der Waals surface area contributed by atoms with Gasteiger partial charge in [0.15, 0.2) is 17.7 Å². The van der Waals surface area contributed by atoms with E-state index < -0.39 is 64.3 Å². The van der Waals surface area contributed by atoms with E-state index in [1.807, 2.05) is 0 Å². The molecule has 8 nitrogen and oxygen atoms in total. The van der Waals surface area contributed by atoms with Gasteiger partial charge in [-0.2, -0.15) is 0 Å². The molecule has 6 rings (SSSR count). The summed E-state index contributed by atoms with van der Waals surface area (Å²) in [4.78, 5) is 40.0. The molecule has 174 valence electrons. The number of ether oxygens (including phenoxy) is 1. The number of carbonyl (C=O) groups excluding carboxylic acids is 2. The number of rotatable bonds is 3. The zero-order valence-corrected chi connectivity index (χ0v) is 17.3. The highest BCUT2D eigenvalue weighted by Gasteiger charge is 2.45. The molecular formula is C22H20F3N3O5. The average Bonchev–Trinajstić information content (AvgIpc) is 3.04. The molecule has 3 aliphatic heterocycles. The predicted molar refractivity (Wildman–Crippen MR) is 107 cm³/mol. The van der Waals surface area contributed by atoms with Crippen LogP contribution in [0.2, 0.25) is 0 Å². The first kappa shape index (κ1) is 21.5. The SMILES string of the molecule is O=C(NCc1c(F)cc(F)cc1F)c1cn2c(c(O)c1=O)C(=O)N1C3CCC(CC3)O[C@@H]1C2. The molecule has 2 N–H and O–H groups in total. The molecule has 1 saturated carbocycles. The molecular weight excluding hydrogens is 443 g/mol. The summed E-state index contributed by atoms with van der Waals surface area (Å²) >= 11 is 0. The standard InChI is InChI=1S/C22H20F3N3O5/c23-10-5-15(24)13(16(25)6-10)7-26-21(31)14-8-27-9-17-28(11-1-3-12(33-17)4-2-11)22(32)18(27)20(30)19(14)29/h5-6,8,11-12,17,30H,1-4,7,9H2,(H,26,31)/t11?,12?,17-/m1/s1. The summed E-state index contributed by atoms with van der Waals surface area (Å²) in [5.74, 6) is -5.91. The van der Waals surface area contributed by atoms with E-state index in [-0.39, 0.29) is 24.4 Å². The number of halogens is 3. The maximum atomic E-state index is 13.8. The van der Waals surface area contributed by atoms with E-state index in [2.05, 4.69) is 5.32 Å². The van der Waals surface area contributed by atoms with Gasteiger partial charge < -0.3 is 24.6 Å². The quantitative estimate of drug-likeness (QED) is 0.726. The normalized spacial score (nSPS) is 23.7. The Morgan fingerprint density at radius 3 is 2.45 bits per heavy atom. The van der Waals surface area contributed by atoms with Crippen LogP contribution < -0.4 is 10.7 Å². The van der Waals surface area contributed by atoms with E-state index in [0.717, 1.165) is 31.9 Å². The number of hydrogen-bond acceptors (Lipinski definition) is 5. The Morgan fingerprint density at radius 2 is 1.79 bits per heavy atom. The minimum absolute atomic E-state index is 0.0156. The lowest BCUT2D eigenvalue weighted by atomic mass is 9.92. The van der Waals surface area contributed by atoms with Crippen molar-refractivity contribution in [3.05, 3.63) is 62.8 Å². The highest BCUT2D eigenvalue weighted by molar-refractivity contribution is 5.99. The number of nitrogens with one attached hydrogen (secondary N) is 1. The van der Waals surface area contributed by atoms with Crippen LogP contribution in [0, 0.1) is 17.5 Å². The number of amides is 2. The molecule has 33 heavy (non-hydrogen) atoms.